The van der Waals surface area contributed by atoms with E-state index in [-0.39, 0.29) is 11.5 Å². The second-order valence-electron chi connectivity index (χ2n) is 5.87. The van der Waals surface area contributed by atoms with Gasteiger partial charge in [-0.05, 0) is 13.0 Å². The first-order valence-corrected chi connectivity index (χ1v) is 8.43. The van der Waals surface area contributed by atoms with Gasteiger partial charge in [0.15, 0.2) is 0 Å². The number of halogens is 1. The molecule has 0 radical (unpaired) electrons. The number of aryl methyl sites for hydroxylation is 1. The average molecular weight is 360 g/mol. The molecule has 1 saturated heterocycles. The molecule has 0 aliphatic carbocycles. The van der Waals surface area contributed by atoms with Gasteiger partial charge in [-0.15, -0.1) is 0 Å². The maximum Gasteiger partial charge on any atom is 0.253 e. The smallest absolute Gasteiger partial charge is 0.253 e. The highest BCUT2D eigenvalue weighted by Gasteiger charge is 2.14. The lowest BCUT2D eigenvalue weighted by Crippen LogP contribution is -2.37. The molecule has 0 atom stereocenters. The Labute approximate surface area is 150 Å². The van der Waals surface area contributed by atoms with Crippen molar-refractivity contribution < 1.29 is 13.9 Å². The highest BCUT2D eigenvalue weighted by Crippen LogP contribution is 2.16. The number of carbonyl (C=O) groups excluding carboxylic acids is 1. The summed E-state index contributed by atoms with van der Waals surface area (Å²) in [4.78, 5) is 26.6. The predicted octanol–water partition coefficient (Wildman–Crippen LogP) is 0.998. The number of ether oxygens (including phenoxy) is 1. The van der Waals surface area contributed by atoms with E-state index < -0.39 is 5.82 Å². The van der Waals surface area contributed by atoms with Gasteiger partial charge in [0.05, 0.1) is 25.0 Å². The van der Waals surface area contributed by atoms with Crippen LogP contribution in [0.2, 0.25) is 0 Å². The summed E-state index contributed by atoms with van der Waals surface area (Å²) in [6.07, 6.45) is 2.38. The summed E-state index contributed by atoms with van der Waals surface area (Å²) < 4.78 is 18.4. The van der Waals surface area contributed by atoms with Gasteiger partial charge in [0.25, 0.3) is 5.91 Å². The number of amides is 1. The number of morpholine rings is 1. The largest absolute Gasteiger partial charge is 0.378 e. The number of hydrogen-bond donors (Lipinski definition) is 2. The van der Waals surface area contributed by atoms with Crippen LogP contribution < -0.4 is 15.5 Å². The summed E-state index contributed by atoms with van der Waals surface area (Å²) in [5, 5.41) is 5.80. The van der Waals surface area contributed by atoms with E-state index in [2.05, 4.69) is 30.5 Å². The maximum atomic E-state index is 13.1. The van der Waals surface area contributed by atoms with Crippen molar-refractivity contribution in [1.82, 2.24) is 20.3 Å². The third-order valence-electron chi connectivity index (χ3n) is 3.84. The Bertz CT molecular complexity index is 767. The third-order valence-corrected chi connectivity index (χ3v) is 3.84. The van der Waals surface area contributed by atoms with E-state index in [0.29, 0.717) is 32.3 Å². The lowest BCUT2D eigenvalue weighted by molar-refractivity contribution is 0.0954. The van der Waals surface area contributed by atoms with E-state index in [9.17, 15) is 9.18 Å². The fourth-order valence-electron chi connectivity index (χ4n) is 2.57. The number of hydrogen-bond acceptors (Lipinski definition) is 7. The van der Waals surface area contributed by atoms with Gasteiger partial charge in [0.2, 0.25) is 5.95 Å². The van der Waals surface area contributed by atoms with E-state index in [1.54, 1.807) is 0 Å². The second kappa shape index (κ2) is 8.52. The monoisotopic (exact) mass is 360 g/mol. The molecule has 0 aromatic carbocycles. The fourth-order valence-corrected chi connectivity index (χ4v) is 2.57. The Morgan fingerprint density at radius 2 is 2.04 bits per heavy atom. The van der Waals surface area contributed by atoms with Crippen LogP contribution in [0.1, 0.15) is 16.1 Å². The molecule has 1 aliphatic heterocycles. The van der Waals surface area contributed by atoms with Gasteiger partial charge in [-0.25, -0.2) is 9.37 Å². The molecule has 2 N–H and O–H groups in total. The minimum Gasteiger partial charge on any atom is -0.378 e. The van der Waals surface area contributed by atoms with Gasteiger partial charge < -0.3 is 20.3 Å². The van der Waals surface area contributed by atoms with Crippen LogP contribution in [0.5, 0.6) is 0 Å². The first-order valence-electron chi connectivity index (χ1n) is 8.43. The van der Waals surface area contributed by atoms with Gasteiger partial charge in [0, 0.05) is 44.1 Å². The summed E-state index contributed by atoms with van der Waals surface area (Å²) in [6, 6.07) is 3.09. The molecule has 9 heteroatoms. The van der Waals surface area contributed by atoms with Gasteiger partial charge >= 0.3 is 0 Å². The number of nitrogens with one attached hydrogen (secondary N) is 2. The molecule has 1 fully saturated rings. The molecule has 0 saturated carbocycles. The lowest BCUT2D eigenvalue weighted by Gasteiger charge is -2.28. The van der Waals surface area contributed by atoms with Gasteiger partial charge in [-0.2, -0.15) is 4.98 Å². The molecule has 1 amide bonds. The maximum absolute atomic E-state index is 13.1. The number of anilines is 2. The van der Waals surface area contributed by atoms with Crippen LogP contribution in [0.15, 0.2) is 24.5 Å². The summed E-state index contributed by atoms with van der Waals surface area (Å²) in [5.74, 6) is 0.448. The number of rotatable bonds is 6. The van der Waals surface area contributed by atoms with Crippen molar-refractivity contribution in [2.24, 2.45) is 0 Å². The standard InChI is InChI=1S/C17H21FN6O2/c1-12-8-15(24-4-6-26-7-5-24)23-17(22-12)21-3-2-20-16(25)13-9-14(18)11-19-10-13/h8-11H,2-7H2,1H3,(H,20,25)(H,21,22,23). The van der Waals surface area contributed by atoms with Crippen LogP contribution in [0, 0.1) is 12.7 Å². The quantitative estimate of drug-likeness (QED) is 0.743. The summed E-state index contributed by atoms with van der Waals surface area (Å²) in [7, 11) is 0. The zero-order chi connectivity index (χ0) is 18.4. The molecule has 3 heterocycles. The minimum atomic E-state index is -0.542. The Morgan fingerprint density at radius 3 is 2.81 bits per heavy atom. The predicted molar refractivity (Wildman–Crippen MR) is 94.8 cm³/mol. The third kappa shape index (κ3) is 4.85. The van der Waals surface area contributed by atoms with Crippen LogP contribution in [0.3, 0.4) is 0 Å². The van der Waals surface area contributed by atoms with Crippen molar-refractivity contribution in [3.8, 4) is 0 Å². The van der Waals surface area contributed by atoms with E-state index in [1.165, 1.54) is 6.20 Å². The zero-order valence-corrected chi connectivity index (χ0v) is 14.5. The van der Waals surface area contributed by atoms with E-state index in [4.69, 9.17) is 4.74 Å². The average Bonchev–Trinajstić information content (AvgIpc) is 2.65. The van der Waals surface area contributed by atoms with Crippen LogP contribution in [-0.2, 0) is 4.74 Å². The molecule has 0 unspecified atom stereocenters. The number of nitrogens with zero attached hydrogens (tertiary/aromatic N) is 4. The van der Waals surface area contributed by atoms with Crippen molar-refractivity contribution in [2.75, 3.05) is 49.6 Å². The van der Waals surface area contributed by atoms with Crippen molar-refractivity contribution in [3.05, 3.63) is 41.6 Å². The highest BCUT2D eigenvalue weighted by atomic mass is 19.1. The first kappa shape index (κ1) is 18.0. The molecule has 8 nitrogen and oxygen atoms in total. The molecular formula is C17H21FN6O2. The topological polar surface area (TPSA) is 92.3 Å². The Morgan fingerprint density at radius 1 is 1.23 bits per heavy atom. The van der Waals surface area contributed by atoms with Crippen molar-refractivity contribution in [3.63, 3.8) is 0 Å². The number of carbonyl (C=O) groups is 1. The van der Waals surface area contributed by atoms with Crippen LogP contribution >= 0.6 is 0 Å². The normalized spacial score (nSPS) is 14.2. The van der Waals surface area contributed by atoms with Crippen LogP contribution in [-0.4, -0.2) is 60.3 Å². The Balaban J connectivity index is 1.51. The van der Waals surface area contributed by atoms with Crippen molar-refractivity contribution in [1.29, 1.82) is 0 Å². The first-order chi connectivity index (χ1) is 12.6. The fraction of sp³-hybridized carbons (Fsp3) is 0.412. The molecule has 0 bridgehead atoms. The molecule has 1 aliphatic rings. The van der Waals surface area contributed by atoms with Crippen LogP contribution in [0.4, 0.5) is 16.2 Å². The van der Waals surface area contributed by atoms with Gasteiger partial charge in [-0.1, -0.05) is 0 Å². The Kier molecular flexibility index (Phi) is 5.90. The summed E-state index contributed by atoms with van der Waals surface area (Å²) in [6.45, 7) is 5.68. The SMILES string of the molecule is Cc1cc(N2CCOCC2)nc(NCCNC(=O)c2cncc(F)c2)n1. The van der Waals surface area contributed by atoms with E-state index in [0.717, 1.165) is 36.9 Å². The minimum absolute atomic E-state index is 0.186. The van der Waals surface area contributed by atoms with Crippen LogP contribution in [0.25, 0.3) is 0 Å². The molecule has 138 valence electrons. The molecule has 26 heavy (non-hydrogen) atoms. The molecule has 0 spiro atoms. The van der Waals surface area contributed by atoms with Crippen molar-refractivity contribution in [2.45, 2.75) is 6.92 Å². The molecule has 2 aromatic rings. The lowest BCUT2D eigenvalue weighted by atomic mass is 10.2. The molecular weight excluding hydrogens is 339 g/mol. The van der Waals surface area contributed by atoms with Crippen molar-refractivity contribution >= 4 is 17.7 Å². The van der Waals surface area contributed by atoms with Gasteiger partial charge in [0.1, 0.15) is 11.6 Å². The molecule has 3 rings (SSSR count). The Hall–Kier alpha value is -2.81. The zero-order valence-electron chi connectivity index (χ0n) is 14.5. The summed E-state index contributed by atoms with van der Waals surface area (Å²) >= 11 is 0. The van der Waals surface area contributed by atoms with Gasteiger partial charge in [-0.3, -0.25) is 9.78 Å². The highest BCUT2D eigenvalue weighted by molar-refractivity contribution is 5.93. The molecule has 2 aromatic heterocycles. The number of aromatic nitrogens is 3. The van der Waals surface area contributed by atoms with E-state index in [1.807, 2.05) is 13.0 Å². The van der Waals surface area contributed by atoms with E-state index >= 15 is 0 Å². The second-order valence-corrected chi connectivity index (χ2v) is 5.87. The number of pyridine rings is 1. The summed E-state index contributed by atoms with van der Waals surface area (Å²) in [5.41, 5.74) is 1.05.